The first-order valence-electron chi connectivity index (χ1n) is 6.55. The fourth-order valence-corrected chi connectivity index (χ4v) is 2.52. The standard InChI is InChI=1S/C13H19N3O2/c17-13(18)11-12(16-9-8-14-11)15-7-3-6-10-4-1-2-5-10/h8-10H,1-7H2,(H,15,16)(H,17,18). The van der Waals surface area contributed by atoms with E-state index in [1.54, 1.807) is 0 Å². The van der Waals surface area contributed by atoms with Gasteiger partial charge in [0, 0.05) is 18.9 Å². The van der Waals surface area contributed by atoms with Crippen LogP contribution in [0.4, 0.5) is 5.82 Å². The summed E-state index contributed by atoms with van der Waals surface area (Å²) in [5.41, 5.74) is -0.00151. The highest BCUT2D eigenvalue weighted by Crippen LogP contribution is 2.28. The minimum atomic E-state index is -1.04. The first kappa shape index (κ1) is 12.8. The topological polar surface area (TPSA) is 75.1 Å². The van der Waals surface area contributed by atoms with Crippen LogP contribution in [0.2, 0.25) is 0 Å². The predicted molar refractivity (Wildman–Crippen MR) is 68.7 cm³/mol. The van der Waals surface area contributed by atoms with Crippen LogP contribution in [0.25, 0.3) is 0 Å². The van der Waals surface area contributed by atoms with Crippen molar-refractivity contribution in [3.05, 3.63) is 18.1 Å². The van der Waals surface area contributed by atoms with Crippen LogP contribution in [0.5, 0.6) is 0 Å². The van der Waals surface area contributed by atoms with E-state index in [9.17, 15) is 4.79 Å². The van der Waals surface area contributed by atoms with Gasteiger partial charge in [-0.1, -0.05) is 25.7 Å². The van der Waals surface area contributed by atoms with E-state index in [1.165, 1.54) is 44.5 Å². The van der Waals surface area contributed by atoms with E-state index in [1.807, 2.05) is 0 Å². The van der Waals surface area contributed by atoms with Gasteiger partial charge in [0.15, 0.2) is 11.5 Å². The molecule has 1 saturated carbocycles. The second-order valence-corrected chi connectivity index (χ2v) is 4.78. The normalized spacial score (nSPS) is 15.8. The third kappa shape index (κ3) is 3.42. The Labute approximate surface area is 107 Å². The van der Waals surface area contributed by atoms with E-state index < -0.39 is 5.97 Å². The Kier molecular flexibility index (Phi) is 4.50. The van der Waals surface area contributed by atoms with Gasteiger partial charge in [0.25, 0.3) is 0 Å². The molecule has 1 aromatic heterocycles. The molecule has 2 N–H and O–H groups in total. The Balaban J connectivity index is 1.77. The van der Waals surface area contributed by atoms with Gasteiger partial charge in [-0.25, -0.2) is 14.8 Å². The lowest BCUT2D eigenvalue weighted by Gasteiger charge is -2.10. The van der Waals surface area contributed by atoms with Gasteiger partial charge in [-0.3, -0.25) is 0 Å². The fourth-order valence-electron chi connectivity index (χ4n) is 2.52. The number of rotatable bonds is 6. The molecule has 5 heteroatoms. The maximum absolute atomic E-state index is 10.9. The van der Waals surface area contributed by atoms with E-state index in [-0.39, 0.29) is 5.69 Å². The van der Waals surface area contributed by atoms with Gasteiger partial charge >= 0.3 is 5.97 Å². The summed E-state index contributed by atoms with van der Waals surface area (Å²) in [5.74, 6) is 0.199. The summed E-state index contributed by atoms with van der Waals surface area (Å²) in [6.07, 6.45) is 10.6. The molecule has 0 spiro atoms. The Morgan fingerprint density at radius 3 is 2.78 bits per heavy atom. The van der Waals surface area contributed by atoms with E-state index >= 15 is 0 Å². The number of anilines is 1. The van der Waals surface area contributed by atoms with Crippen molar-refractivity contribution in [2.24, 2.45) is 5.92 Å². The molecule has 1 aliphatic rings. The van der Waals surface area contributed by atoms with Crippen LogP contribution >= 0.6 is 0 Å². The van der Waals surface area contributed by atoms with Crippen molar-refractivity contribution in [1.82, 2.24) is 9.97 Å². The van der Waals surface area contributed by atoms with Crippen molar-refractivity contribution in [3.8, 4) is 0 Å². The quantitative estimate of drug-likeness (QED) is 0.758. The minimum absolute atomic E-state index is 0.00151. The van der Waals surface area contributed by atoms with Gasteiger partial charge in [-0.2, -0.15) is 0 Å². The Morgan fingerprint density at radius 2 is 2.06 bits per heavy atom. The summed E-state index contributed by atoms with van der Waals surface area (Å²) in [6.45, 7) is 0.759. The molecule has 5 nitrogen and oxygen atoms in total. The first-order chi connectivity index (χ1) is 8.77. The number of nitrogens with one attached hydrogen (secondary N) is 1. The van der Waals surface area contributed by atoms with E-state index in [4.69, 9.17) is 5.11 Å². The van der Waals surface area contributed by atoms with Crippen LogP contribution in [-0.4, -0.2) is 27.6 Å². The van der Waals surface area contributed by atoms with E-state index in [2.05, 4.69) is 15.3 Å². The molecule has 0 amide bonds. The molecule has 0 aromatic carbocycles. The van der Waals surface area contributed by atoms with Gasteiger partial charge in [-0.05, 0) is 18.8 Å². The van der Waals surface area contributed by atoms with Crippen molar-refractivity contribution in [2.45, 2.75) is 38.5 Å². The predicted octanol–water partition coefficient (Wildman–Crippen LogP) is 2.56. The maximum Gasteiger partial charge on any atom is 0.358 e. The highest BCUT2D eigenvalue weighted by molar-refractivity contribution is 5.90. The highest BCUT2D eigenvalue weighted by Gasteiger charge is 2.15. The van der Waals surface area contributed by atoms with Gasteiger partial charge < -0.3 is 10.4 Å². The number of hydrogen-bond acceptors (Lipinski definition) is 4. The van der Waals surface area contributed by atoms with Crippen LogP contribution in [0.3, 0.4) is 0 Å². The van der Waals surface area contributed by atoms with Gasteiger partial charge in [0.1, 0.15) is 0 Å². The summed E-state index contributed by atoms with van der Waals surface area (Å²) in [5, 5.41) is 12.0. The number of carboxylic acid groups (broad SMARTS) is 1. The zero-order valence-corrected chi connectivity index (χ0v) is 10.4. The van der Waals surface area contributed by atoms with Gasteiger partial charge in [0.05, 0.1) is 0 Å². The molecule has 1 fully saturated rings. The number of aromatic carboxylic acids is 1. The van der Waals surface area contributed by atoms with E-state index in [0.717, 1.165) is 18.9 Å². The SMILES string of the molecule is O=C(O)c1nccnc1NCCCC1CCCC1. The van der Waals surface area contributed by atoms with Crippen LogP contribution in [0, 0.1) is 5.92 Å². The highest BCUT2D eigenvalue weighted by atomic mass is 16.4. The fraction of sp³-hybridized carbons (Fsp3) is 0.615. The first-order valence-corrected chi connectivity index (χ1v) is 6.55. The number of hydrogen-bond donors (Lipinski definition) is 2. The molecule has 98 valence electrons. The second kappa shape index (κ2) is 6.33. The summed E-state index contributed by atoms with van der Waals surface area (Å²) < 4.78 is 0. The lowest BCUT2D eigenvalue weighted by Crippen LogP contribution is -2.11. The monoisotopic (exact) mass is 249 g/mol. The molecule has 1 aliphatic carbocycles. The van der Waals surface area contributed by atoms with Crippen molar-refractivity contribution in [1.29, 1.82) is 0 Å². The summed E-state index contributed by atoms with van der Waals surface area (Å²) in [7, 11) is 0. The summed E-state index contributed by atoms with van der Waals surface area (Å²) >= 11 is 0. The lowest BCUT2D eigenvalue weighted by molar-refractivity contribution is 0.0691. The van der Waals surface area contributed by atoms with Crippen LogP contribution in [0.1, 0.15) is 49.0 Å². The number of nitrogens with zero attached hydrogens (tertiary/aromatic N) is 2. The third-order valence-electron chi connectivity index (χ3n) is 3.46. The molecule has 0 atom stereocenters. The molecular formula is C13H19N3O2. The van der Waals surface area contributed by atoms with Gasteiger partial charge in [-0.15, -0.1) is 0 Å². The molecule has 1 heterocycles. The van der Waals surface area contributed by atoms with Crippen LogP contribution in [0.15, 0.2) is 12.4 Å². The zero-order valence-electron chi connectivity index (χ0n) is 10.4. The summed E-state index contributed by atoms with van der Waals surface area (Å²) in [4.78, 5) is 18.7. The van der Waals surface area contributed by atoms with Crippen LogP contribution in [-0.2, 0) is 0 Å². The minimum Gasteiger partial charge on any atom is -0.476 e. The molecule has 0 saturated heterocycles. The largest absolute Gasteiger partial charge is 0.476 e. The number of carbonyl (C=O) groups is 1. The van der Waals surface area contributed by atoms with Crippen molar-refractivity contribution in [2.75, 3.05) is 11.9 Å². The van der Waals surface area contributed by atoms with E-state index in [0.29, 0.717) is 5.82 Å². The third-order valence-corrected chi connectivity index (χ3v) is 3.46. The molecule has 0 bridgehead atoms. The Morgan fingerprint density at radius 1 is 1.33 bits per heavy atom. The average molecular weight is 249 g/mol. The van der Waals surface area contributed by atoms with Crippen molar-refractivity contribution < 1.29 is 9.90 Å². The second-order valence-electron chi connectivity index (χ2n) is 4.78. The molecule has 0 aliphatic heterocycles. The molecule has 0 radical (unpaired) electrons. The van der Waals surface area contributed by atoms with Gasteiger partial charge in [0.2, 0.25) is 0 Å². The lowest BCUT2D eigenvalue weighted by atomic mass is 10.0. The maximum atomic E-state index is 10.9. The average Bonchev–Trinajstić information content (AvgIpc) is 2.88. The van der Waals surface area contributed by atoms with Crippen LogP contribution < -0.4 is 5.32 Å². The molecule has 0 unspecified atom stereocenters. The summed E-state index contributed by atoms with van der Waals surface area (Å²) in [6, 6.07) is 0. The number of aromatic nitrogens is 2. The molecule has 1 aromatic rings. The number of carboxylic acids is 1. The molecule has 2 rings (SSSR count). The zero-order chi connectivity index (χ0) is 12.8. The molecular weight excluding hydrogens is 230 g/mol. The van der Waals surface area contributed by atoms with Crippen molar-refractivity contribution >= 4 is 11.8 Å². The Bertz CT molecular complexity index is 403. The Hall–Kier alpha value is -1.65. The van der Waals surface area contributed by atoms with Crippen molar-refractivity contribution in [3.63, 3.8) is 0 Å². The smallest absolute Gasteiger partial charge is 0.358 e. The molecule has 18 heavy (non-hydrogen) atoms.